The van der Waals surface area contributed by atoms with E-state index in [2.05, 4.69) is 36.5 Å². The molecule has 1 aromatic rings. The predicted octanol–water partition coefficient (Wildman–Crippen LogP) is 2.39. The van der Waals surface area contributed by atoms with Crippen LogP contribution < -0.4 is 5.32 Å². The molecule has 0 aliphatic heterocycles. The Morgan fingerprint density at radius 2 is 1.88 bits per heavy atom. The molecule has 1 rings (SSSR count). The van der Waals surface area contributed by atoms with Crippen LogP contribution in [0.15, 0.2) is 30.3 Å². The van der Waals surface area contributed by atoms with Crippen molar-refractivity contribution in [2.75, 3.05) is 27.4 Å². The largest absolute Gasteiger partial charge is 0.382 e. The lowest BCUT2D eigenvalue weighted by atomic mass is 10.00. The number of rotatable bonds is 8. The van der Waals surface area contributed by atoms with E-state index in [-0.39, 0.29) is 12.1 Å². The second kappa shape index (κ2) is 8.23. The van der Waals surface area contributed by atoms with Crippen LogP contribution >= 0.6 is 0 Å². The van der Waals surface area contributed by atoms with Crippen molar-refractivity contribution in [3.05, 3.63) is 35.9 Å². The number of hydrogen-bond acceptors (Lipinski definition) is 3. The van der Waals surface area contributed by atoms with Gasteiger partial charge in [0.15, 0.2) is 0 Å². The maximum Gasteiger partial charge on any atom is 0.0768 e. The Labute approximate surface area is 104 Å². The molecular weight excluding hydrogens is 214 g/mol. The molecule has 2 unspecified atom stereocenters. The van der Waals surface area contributed by atoms with Crippen LogP contribution in [0.5, 0.6) is 0 Å². The molecule has 0 fully saturated rings. The summed E-state index contributed by atoms with van der Waals surface area (Å²) in [6.07, 6.45) is 1.15. The maximum atomic E-state index is 5.85. The number of ether oxygens (including phenoxy) is 2. The highest BCUT2D eigenvalue weighted by atomic mass is 16.5. The van der Waals surface area contributed by atoms with E-state index in [0.717, 1.165) is 6.42 Å². The van der Waals surface area contributed by atoms with Gasteiger partial charge in [-0.15, -0.1) is 0 Å². The van der Waals surface area contributed by atoms with Crippen LogP contribution in [-0.4, -0.2) is 33.5 Å². The van der Waals surface area contributed by atoms with E-state index in [0.29, 0.717) is 13.2 Å². The Bertz CT molecular complexity index is 290. The van der Waals surface area contributed by atoms with Gasteiger partial charge < -0.3 is 14.8 Å². The van der Waals surface area contributed by atoms with E-state index in [1.807, 2.05) is 13.1 Å². The predicted molar refractivity (Wildman–Crippen MR) is 70.1 cm³/mol. The highest BCUT2D eigenvalue weighted by Gasteiger charge is 2.20. The first-order valence-corrected chi connectivity index (χ1v) is 6.16. The molecule has 0 spiro atoms. The topological polar surface area (TPSA) is 30.5 Å². The number of benzene rings is 1. The quantitative estimate of drug-likeness (QED) is 0.704. The van der Waals surface area contributed by atoms with Gasteiger partial charge in [-0.1, -0.05) is 37.3 Å². The molecule has 96 valence electrons. The Hall–Kier alpha value is -0.900. The van der Waals surface area contributed by atoms with Gasteiger partial charge in [0.05, 0.1) is 25.4 Å². The summed E-state index contributed by atoms with van der Waals surface area (Å²) in [5.74, 6) is 0. The van der Waals surface area contributed by atoms with Crippen LogP contribution in [0.2, 0.25) is 0 Å². The monoisotopic (exact) mass is 237 g/mol. The number of nitrogens with one attached hydrogen (secondary N) is 1. The summed E-state index contributed by atoms with van der Waals surface area (Å²) >= 11 is 0. The van der Waals surface area contributed by atoms with E-state index in [1.165, 1.54) is 5.56 Å². The molecule has 0 radical (unpaired) electrons. The standard InChI is InChI=1S/C14H23NO2/c1-4-13(17-11-10-16-3)14(15-2)12-8-6-5-7-9-12/h5-9,13-15H,4,10-11H2,1-3H3. The highest BCUT2D eigenvalue weighted by molar-refractivity contribution is 5.20. The fourth-order valence-electron chi connectivity index (χ4n) is 1.96. The zero-order chi connectivity index (χ0) is 12.5. The Balaban J connectivity index is 2.63. The van der Waals surface area contributed by atoms with Crippen LogP contribution in [0.25, 0.3) is 0 Å². The van der Waals surface area contributed by atoms with Gasteiger partial charge in [-0.05, 0) is 19.0 Å². The first-order chi connectivity index (χ1) is 8.33. The molecule has 0 saturated heterocycles. The van der Waals surface area contributed by atoms with Crippen molar-refractivity contribution in [1.29, 1.82) is 0 Å². The van der Waals surface area contributed by atoms with E-state index in [9.17, 15) is 0 Å². The van der Waals surface area contributed by atoms with E-state index < -0.39 is 0 Å². The van der Waals surface area contributed by atoms with Crippen LogP contribution in [0.1, 0.15) is 24.9 Å². The summed E-state index contributed by atoms with van der Waals surface area (Å²) in [5.41, 5.74) is 1.26. The van der Waals surface area contributed by atoms with Crippen molar-refractivity contribution in [3.63, 3.8) is 0 Å². The summed E-state index contributed by atoms with van der Waals surface area (Å²) in [5, 5.41) is 3.33. The van der Waals surface area contributed by atoms with Gasteiger partial charge in [0.2, 0.25) is 0 Å². The highest BCUT2D eigenvalue weighted by Crippen LogP contribution is 2.20. The number of methoxy groups -OCH3 is 1. The zero-order valence-electron chi connectivity index (χ0n) is 11.0. The van der Waals surface area contributed by atoms with Crippen molar-refractivity contribution < 1.29 is 9.47 Å². The number of hydrogen-bond donors (Lipinski definition) is 1. The molecule has 0 aromatic heterocycles. The van der Waals surface area contributed by atoms with Gasteiger partial charge in [-0.3, -0.25) is 0 Å². The number of likely N-dealkylation sites (N-methyl/N-ethyl adjacent to an activating group) is 1. The SMILES string of the molecule is CCC(OCCOC)C(NC)c1ccccc1. The molecule has 0 saturated carbocycles. The Kier molecular flexibility index (Phi) is 6.86. The molecule has 0 aliphatic rings. The molecule has 0 aliphatic carbocycles. The molecule has 3 heteroatoms. The molecule has 1 N–H and O–H groups in total. The van der Waals surface area contributed by atoms with Gasteiger partial charge in [-0.25, -0.2) is 0 Å². The molecular formula is C14H23NO2. The maximum absolute atomic E-state index is 5.85. The first-order valence-electron chi connectivity index (χ1n) is 6.16. The van der Waals surface area contributed by atoms with Gasteiger partial charge >= 0.3 is 0 Å². The lowest BCUT2D eigenvalue weighted by Gasteiger charge is -2.26. The third-order valence-corrected chi connectivity index (χ3v) is 2.86. The second-order valence-electron chi connectivity index (χ2n) is 3.99. The van der Waals surface area contributed by atoms with Crippen LogP contribution in [0.3, 0.4) is 0 Å². The van der Waals surface area contributed by atoms with E-state index >= 15 is 0 Å². The van der Waals surface area contributed by atoms with E-state index in [4.69, 9.17) is 9.47 Å². The van der Waals surface area contributed by atoms with Gasteiger partial charge in [-0.2, -0.15) is 0 Å². The van der Waals surface area contributed by atoms with Gasteiger partial charge in [0.1, 0.15) is 0 Å². The average Bonchev–Trinajstić information content (AvgIpc) is 2.39. The zero-order valence-corrected chi connectivity index (χ0v) is 11.0. The minimum absolute atomic E-state index is 0.178. The van der Waals surface area contributed by atoms with Gasteiger partial charge in [0.25, 0.3) is 0 Å². The summed E-state index contributed by atoms with van der Waals surface area (Å²) in [7, 11) is 3.66. The molecule has 0 heterocycles. The summed E-state index contributed by atoms with van der Waals surface area (Å²) in [6.45, 7) is 3.42. The first kappa shape index (κ1) is 14.2. The smallest absolute Gasteiger partial charge is 0.0768 e. The second-order valence-corrected chi connectivity index (χ2v) is 3.99. The average molecular weight is 237 g/mol. The van der Waals surface area contributed by atoms with Crippen molar-refractivity contribution in [2.24, 2.45) is 0 Å². The summed E-state index contributed by atoms with van der Waals surface area (Å²) < 4.78 is 10.9. The molecule has 17 heavy (non-hydrogen) atoms. The minimum atomic E-state index is 0.178. The van der Waals surface area contributed by atoms with Crippen molar-refractivity contribution in [3.8, 4) is 0 Å². The third kappa shape index (κ3) is 4.46. The molecule has 3 nitrogen and oxygen atoms in total. The Morgan fingerprint density at radius 3 is 2.41 bits per heavy atom. The van der Waals surface area contributed by atoms with Crippen LogP contribution in [0, 0.1) is 0 Å². The third-order valence-electron chi connectivity index (χ3n) is 2.86. The fourth-order valence-corrected chi connectivity index (χ4v) is 1.96. The minimum Gasteiger partial charge on any atom is -0.382 e. The van der Waals surface area contributed by atoms with Crippen molar-refractivity contribution in [2.45, 2.75) is 25.5 Å². The van der Waals surface area contributed by atoms with Crippen molar-refractivity contribution in [1.82, 2.24) is 5.32 Å². The normalized spacial score (nSPS) is 14.5. The lowest BCUT2D eigenvalue weighted by molar-refractivity contribution is -0.00298. The molecule has 2 atom stereocenters. The molecule has 0 bridgehead atoms. The van der Waals surface area contributed by atoms with Gasteiger partial charge in [0, 0.05) is 7.11 Å². The summed E-state index contributed by atoms with van der Waals surface area (Å²) in [4.78, 5) is 0. The van der Waals surface area contributed by atoms with E-state index in [1.54, 1.807) is 7.11 Å². The summed E-state index contributed by atoms with van der Waals surface area (Å²) in [6, 6.07) is 10.6. The van der Waals surface area contributed by atoms with Crippen molar-refractivity contribution >= 4 is 0 Å². The fraction of sp³-hybridized carbons (Fsp3) is 0.571. The lowest BCUT2D eigenvalue weighted by Crippen LogP contribution is -2.32. The van der Waals surface area contributed by atoms with Crippen LogP contribution in [-0.2, 0) is 9.47 Å². The Morgan fingerprint density at radius 1 is 1.18 bits per heavy atom. The van der Waals surface area contributed by atoms with Crippen LogP contribution in [0.4, 0.5) is 0 Å². The molecule has 0 amide bonds. The molecule has 1 aromatic carbocycles.